The lowest BCUT2D eigenvalue weighted by molar-refractivity contribution is -0.144. The standard InChI is InChI=1S/C13H19N3O3/c1-7-10(8(2)16(4)15-7)11(17)14-13(3,12(18)19)9-5-6-9/h9H,5-6H2,1-4H3,(H,14,17)(H,18,19)/t13-/m0/s1. The van der Waals surface area contributed by atoms with Crippen LogP contribution in [-0.4, -0.2) is 32.3 Å². The Bertz CT molecular complexity index is 546. The van der Waals surface area contributed by atoms with Crippen molar-refractivity contribution in [2.45, 2.75) is 39.2 Å². The van der Waals surface area contributed by atoms with E-state index in [1.165, 1.54) is 0 Å². The van der Waals surface area contributed by atoms with E-state index in [-0.39, 0.29) is 11.8 Å². The van der Waals surface area contributed by atoms with Crippen LogP contribution in [-0.2, 0) is 11.8 Å². The molecule has 0 aromatic carbocycles. The average Bonchev–Trinajstić information content (AvgIpc) is 3.08. The van der Waals surface area contributed by atoms with Crippen LogP contribution in [0.2, 0.25) is 0 Å². The van der Waals surface area contributed by atoms with Crippen LogP contribution in [0, 0.1) is 19.8 Å². The number of nitrogens with zero attached hydrogens (tertiary/aromatic N) is 2. The Labute approximate surface area is 111 Å². The van der Waals surface area contributed by atoms with Crippen LogP contribution >= 0.6 is 0 Å². The van der Waals surface area contributed by atoms with Gasteiger partial charge in [-0.15, -0.1) is 0 Å². The molecule has 6 heteroatoms. The first kappa shape index (κ1) is 13.6. The first-order chi connectivity index (χ1) is 8.77. The maximum atomic E-state index is 12.3. The summed E-state index contributed by atoms with van der Waals surface area (Å²) in [5.41, 5.74) is 0.626. The fourth-order valence-corrected chi connectivity index (χ4v) is 2.39. The summed E-state index contributed by atoms with van der Waals surface area (Å²) in [6, 6.07) is 0. The molecule has 1 saturated carbocycles. The molecule has 1 atom stereocenters. The third-order valence-corrected chi connectivity index (χ3v) is 3.95. The second-order valence-corrected chi connectivity index (χ2v) is 5.41. The van der Waals surface area contributed by atoms with E-state index in [1.807, 2.05) is 0 Å². The van der Waals surface area contributed by atoms with Crippen LogP contribution in [0.25, 0.3) is 0 Å². The highest BCUT2D eigenvalue weighted by Gasteiger charge is 2.49. The van der Waals surface area contributed by atoms with E-state index in [9.17, 15) is 14.7 Å². The van der Waals surface area contributed by atoms with Crippen molar-refractivity contribution in [1.29, 1.82) is 0 Å². The Hall–Kier alpha value is -1.85. The zero-order chi connectivity index (χ0) is 14.4. The van der Waals surface area contributed by atoms with Crippen molar-refractivity contribution in [1.82, 2.24) is 15.1 Å². The molecule has 1 heterocycles. The number of aryl methyl sites for hydroxylation is 2. The van der Waals surface area contributed by atoms with Crippen molar-refractivity contribution in [2.75, 3.05) is 0 Å². The van der Waals surface area contributed by atoms with Gasteiger partial charge >= 0.3 is 5.97 Å². The van der Waals surface area contributed by atoms with E-state index in [0.29, 0.717) is 11.3 Å². The SMILES string of the molecule is Cc1nn(C)c(C)c1C(=O)N[C@](C)(C(=O)O)C1CC1. The summed E-state index contributed by atoms with van der Waals surface area (Å²) in [6.07, 6.45) is 1.68. The highest BCUT2D eigenvalue weighted by atomic mass is 16.4. The lowest BCUT2D eigenvalue weighted by atomic mass is 9.95. The lowest BCUT2D eigenvalue weighted by Crippen LogP contribution is -2.54. The molecule has 1 aromatic rings. The van der Waals surface area contributed by atoms with Crippen LogP contribution < -0.4 is 5.32 Å². The van der Waals surface area contributed by atoms with Crippen LogP contribution in [0.1, 0.15) is 41.5 Å². The van der Waals surface area contributed by atoms with Gasteiger partial charge < -0.3 is 10.4 Å². The smallest absolute Gasteiger partial charge is 0.329 e. The number of carbonyl (C=O) groups is 2. The van der Waals surface area contributed by atoms with Gasteiger partial charge in [0, 0.05) is 12.7 Å². The third kappa shape index (κ3) is 2.22. The largest absolute Gasteiger partial charge is 0.480 e. The summed E-state index contributed by atoms with van der Waals surface area (Å²) in [6.45, 7) is 5.12. The summed E-state index contributed by atoms with van der Waals surface area (Å²) in [4.78, 5) is 23.7. The van der Waals surface area contributed by atoms with Crippen LogP contribution in [0.15, 0.2) is 0 Å². The highest BCUT2D eigenvalue weighted by Crippen LogP contribution is 2.40. The van der Waals surface area contributed by atoms with Crippen molar-refractivity contribution in [3.05, 3.63) is 17.0 Å². The Kier molecular flexibility index (Phi) is 3.12. The monoisotopic (exact) mass is 265 g/mol. The number of carboxylic acid groups (broad SMARTS) is 1. The molecule has 6 nitrogen and oxygen atoms in total. The number of amides is 1. The molecule has 19 heavy (non-hydrogen) atoms. The van der Waals surface area contributed by atoms with Gasteiger partial charge in [-0.25, -0.2) is 4.79 Å². The van der Waals surface area contributed by atoms with Crippen molar-refractivity contribution in [2.24, 2.45) is 13.0 Å². The molecule has 1 aromatic heterocycles. The minimum absolute atomic E-state index is 0.0197. The number of aromatic nitrogens is 2. The van der Waals surface area contributed by atoms with Crippen LogP contribution in [0.5, 0.6) is 0 Å². The van der Waals surface area contributed by atoms with E-state index in [1.54, 1.807) is 32.5 Å². The molecule has 1 fully saturated rings. The maximum absolute atomic E-state index is 12.3. The van der Waals surface area contributed by atoms with Gasteiger partial charge in [-0.3, -0.25) is 9.48 Å². The van der Waals surface area contributed by atoms with E-state index in [0.717, 1.165) is 18.5 Å². The number of nitrogens with one attached hydrogen (secondary N) is 1. The van der Waals surface area contributed by atoms with Gasteiger partial charge in [0.05, 0.1) is 11.3 Å². The molecule has 0 spiro atoms. The van der Waals surface area contributed by atoms with Crippen molar-refractivity contribution < 1.29 is 14.7 Å². The van der Waals surface area contributed by atoms with Crippen LogP contribution in [0.4, 0.5) is 0 Å². The normalized spacial score (nSPS) is 17.9. The molecule has 1 aliphatic rings. The molecule has 0 unspecified atom stereocenters. The van der Waals surface area contributed by atoms with Gasteiger partial charge in [0.25, 0.3) is 5.91 Å². The van der Waals surface area contributed by atoms with Crippen molar-refractivity contribution >= 4 is 11.9 Å². The zero-order valence-electron chi connectivity index (χ0n) is 11.6. The molecule has 2 rings (SSSR count). The van der Waals surface area contributed by atoms with E-state index in [2.05, 4.69) is 10.4 Å². The van der Waals surface area contributed by atoms with E-state index < -0.39 is 11.5 Å². The number of hydrogen-bond donors (Lipinski definition) is 2. The van der Waals surface area contributed by atoms with E-state index in [4.69, 9.17) is 0 Å². The van der Waals surface area contributed by atoms with Gasteiger partial charge in [-0.1, -0.05) is 0 Å². The number of hydrogen-bond acceptors (Lipinski definition) is 3. The number of carboxylic acids is 1. The lowest BCUT2D eigenvalue weighted by Gasteiger charge is -2.26. The first-order valence-corrected chi connectivity index (χ1v) is 6.33. The second kappa shape index (κ2) is 4.36. The minimum atomic E-state index is -1.19. The predicted molar refractivity (Wildman–Crippen MR) is 68.9 cm³/mol. The van der Waals surface area contributed by atoms with Crippen molar-refractivity contribution in [3.8, 4) is 0 Å². The molecular weight excluding hydrogens is 246 g/mol. The highest BCUT2D eigenvalue weighted by molar-refractivity contribution is 5.99. The number of carbonyl (C=O) groups excluding carboxylic acids is 1. The molecule has 1 aliphatic carbocycles. The number of rotatable bonds is 4. The summed E-state index contributed by atoms with van der Waals surface area (Å²) in [7, 11) is 1.76. The van der Waals surface area contributed by atoms with Gasteiger partial charge in [-0.05, 0) is 39.5 Å². The Morgan fingerprint density at radius 2 is 2.00 bits per heavy atom. The zero-order valence-corrected chi connectivity index (χ0v) is 11.6. The van der Waals surface area contributed by atoms with Crippen LogP contribution in [0.3, 0.4) is 0 Å². The Morgan fingerprint density at radius 1 is 1.42 bits per heavy atom. The van der Waals surface area contributed by atoms with Gasteiger partial charge in [0.2, 0.25) is 0 Å². The van der Waals surface area contributed by atoms with Gasteiger partial charge in [0.1, 0.15) is 5.54 Å². The average molecular weight is 265 g/mol. The first-order valence-electron chi connectivity index (χ1n) is 6.33. The molecular formula is C13H19N3O3. The quantitative estimate of drug-likeness (QED) is 0.851. The maximum Gasteiger partial charge on any atom is 0.329 e. The van der Waals surface area contributed by atoms with E-state index >= 15 is 0 Å². The Balaban J connectivity index is 2.27. The molecule has 104 valence electrons. The summed E-state index contributed by atoms with van der Waals surface area (Å²) < 4.78 is 1.62. The fourth-order valence-electron chi connectivity index (χ4n) is 2.39. The molecule has 2 N–H and O–H groups in total. The summed E-state index contributed by atoms with van der Waals surface area (Å²) in [5, 5.41) is 16.2. The molecule has 0 radical (unpaired) electrons. The summed E-state index contributed by atoms with van der Waals surface area (Å²) >= 11 is 0. The minimum Gasteiger partial charge on any atom is -0.480 e. The Morgan fingerprint density at radius 3 is 2.37 bits per heavy atom. The second-order valence-electron chi connectivity index (χ2n) is 5.41. The molecule has 0 bridgehead atoms. The fraction of sp³-hybridized carbons (Fsp3) is 0.615. The summed E-state index contributed by atoms with van der Waals surface area (Å²) in [5.74, 6) is -1.33. The topological polar surface area (TPSA) is 84.2 Å². The van der Waals surface area contributed by atoms with Gasteiger partial charge in [0.15, 0.2) is 0 Å². The molecule has 0 saturated heterocycles. The third-order valence-electron chi connectivity index (χ3n) is 3.95. The van der Waals surface area contributed by atoms with Crippen molar-refractivity contribution in [3.63, 3.8) is 0 Å². The molecule has 0 aliphatic heterocycles. The molecule has 1 amide bonds. The van der Waals surface area contributed by atoms with Gasteiger partial charge in [-0.2, -0.15) is 5.10 Å². The predicted octanol–water partition coefficient (Wildman–Crippen LogP) is 1.02. The number of aliphatic carboxylic acids is 1.